The molecule has 0 aliphatic carbocycles. The molecule has 2 aromatic rings. The summed E-state index contributed by atoms with van der Waals surface area (Å²) in [6, 6.07) is 5.69. The van der Waals surface area contributed by atoms with Gasteiger partial charge in [-0.05, 0) is 18.6 Å². The van der Waals surface area contributed by atoms with Crippen LogP contribution in [0.15, 0.2) is 22.6 Å². The quantitative estimate of drug-likeness (QED) is 0.892. The van der Waals surface area contributed by atoms with Crippen LogP contribution in [0, 0.1) is 0 Å². The van der Waals surface area contributed by atoms with Gasteiger partial charge in [-0.15, -0.1) is 0 Å². The summed E-state index contributed by atoms with van der Waals surface area (Å²) in [7, 11) is 1.72. The van der Waals surface area contributed by atoms with E-state index >= 15 is 0 Å². The molecule has 1 aliphatic rings. The molecular weight excluding hydrogens is 240 g/mol. The van der Waals surface area contributed by atoms with E-state index in [9.17, 15) is 0 Å². The van der Waals surface area contributed by atoms with Gasteiger partial charge in [0.2, 0.25) is 5.89 Å². The number of nitrogens with one attached hydrogen (secondary N) is 1. The molecule has 2 atom stereocenters. The highest BCUT2D eigenvalue weighted by Gasteiger charge is 2.28. The van der Waals surface area contributed by atoms with Crippen molar-refractivity contribution in [3.05, 3.63) is 29.1 Å². The second-order valence-electron chi connectivity index (χ2n) is 4.19. The van der Waals surface area contributed by atoms with Gasteiger partial charge < -0.3 is 14.5 Å². The molecule has 17 heavy (non-hydrogen) atoms. The minimum Gasteiger partial charge on any atom is -0.437 e. The fourth-order valence-electron chi connectivity index (χ4n) is 2.15. The normalized spacial score (nSPS) is 24.6. The summed E-state index contributed by atoms with van der Waals surface area (Å²) in [6.45, 7) is 0.827. The van der Waals surface area contributed by atoms with E-state index < -0.39 is 0 Å². The molecule has 1 fully saturated rings. The molecule has 5 heteroatoms. The summed E-state index contributed by atoms with van der Waals surface area (Å²) in [4.78, 5) is 4.46. The fourth-order valence-corrected chi connectivity index (χ4v) is 2.36. The molecule has 90 valence electrons. The molecule has 2 unspecified atom stereocenters. The van der Waals surface area contributed by atoms with Crippen molar-refractivity contribution in [2.75, 3.05) is 13.7 Å². The van der Waals surface area contributed by atoms with Crippen molar-refractivity contribution >= 4 is 22.7 Å². The lowest BCUT2D eigenvalue weighted by molar-refractivity contribution is 0.116. The third kappa shape index (κ3) is 1.92. The second-order valence-corrected chi connectivity index (χ2v) is 4.60. The first kappa shape index (κ1) is 11.0. The number of ether oxygens (including phenoxy) is 1. The number of halogens is 1. The molecular formula is C12H13ClN2O2. The Balaban J connectivity index is 1.94. The van der Waals surface area contributed by atoms with Crippen LogP contribution >= 0.6 is 11.6 Å². The van der Waals surface area contributed by atoms with E-state index in [0.29, 0.717) is 16.5 Å². The average molecular weight is 253 g/mol. The molecule has 3 rings (SSSR count). The topological polar surface area (TPSA) is 47.3 Å². The Morgan fingerprint density at radius 2 is 2.41 bits per heavy atom. The van der Waals surface area contributed by atoms with Crippen molar-refractivity contribution in [2.45, 2.75) is 18.6 Å². The number of aromatic nitrogens is 1. The number of para-hydroxylation sites is 1. The first-order valence-electron chi connectivity index (χ1n) is 5.59. The molecule has 1 aliphatic heterocycles. The van der Waals surface area contributed by atoms with E-state index in [-0.39, 0.29) is 12.1 Å². The van der Waals surface area contributed by atoms with E-state index in [1.807, 2.05) is 12.1 Å². The standard InChI is InChI=1S/C12H13ClN2O2/c1-16-7-5-10(14-6-7)12-15-9-4-2-3-8(13)11(9)17-12/h2-4,7,10,14H,5-6H2,1H3. The third-order valence-electron chi connectivity index (χ3n) is 3.11. The summed E-state index contributed by atoms with van der Waals surface area (Å²) in [5.41, 5.74) is 1.46. The largest absolute Gasteiger partial charge is 0.437 e. The molecule has 2 heterocycles. The molecule has 0 saturated carbocycles. The van der Waals surface area contributed by atoms with Crippen molar-refractivity contribution in [1.82, 2.24) is 10.3 Å². The SMILES string of the molecule is COC1CNC(c2nc3cccc(Cl)c3o2)C1. The number of rotatable bonds is 2. The Morgan fingerprint density at radius 3 is 3.12 bits per heavy atom. The number of fused-ring (bicyclic) bond motifs is 1. The van der Waals surface area contributed by atoms with Crippen LogP contribution in [0.2, 0.25) is 5.02 Å². The van der Waals surface area contributed by atoms with Crippen LogP contribution in [-0.2, 0) is 4.74 Å². The third-order valence-corrected chi connectivity index (χ3v) is 3.40. The second kappa shape index (κ2) is 4.29. The minimum atomic E-state index is 0.114. The Labute approximate surface area is 104 Å². The van der Waals surface area contributed by atoms with Gasteiger partial charge in [0.15, 0.2) is 5.58 Å². The van der Waals surface area contributed by atoms with Gasteiger partial charge in [0.25, 0.3) is 0 Å². The van der Waals surface area contributed by atoms with Crippen molar-refractivity contribution < 1.29 is 9.15 Å². The van der Waals surface area contributed by atoms with Crippen LogP contribution in [0.4, 0.5) is 0 Å². The lowest BCUT2D eigenvalue weighted by Crippen LogP contribution is -2.16. The Bertz CT molecular complexity index is 540. The average Bonchev–Trinajstić information content (AvgIpc) is 2.95. The molecule has 1 aromatic heterocycles. The summed E-state index contributed by atoms with van der Waals surface area (Å²) >= 11 is 6.05. The first-order chi connectivity index (χ1) is 8.28. The molecule has 1 saturated heterocycles. The predicted molar refractivity (Wildman–Crippen MR) is 65.2 cm³/mol. The summed E-state index contributed by atoms with van der Waals surface area (Å²) in [5.74, 6) is 0.688. The highest BCUT2D eigenvalue weighted by Crippen LogP contribution is 2.30. The zero-order valence-electron chi connectivity index (χ0n) is 9.44. The number of nitrogens with zero attached hydrogens (tertiary/aromatic N) is 1. The molecule has 4 nitrogen and oxygen atoms in total. The molecule has 0 radical (unpaired) electrons. The summed E-state index contributed by atoms with van der Waals surface area (Å²) in [5, 5.41) is 3.93. The zero-order valence-corrected chi connectivity index (χ0v) is 10.2. The number of hydrogen-bond donors (Lipinski definition) is 1. The van der Waals surface area contributed by atoms with Crippen LogP contribution < -0.4 is 5.32 Å². The molecule has 1 aromatic carbocycles. The molecule has 0 spiro atoms. The van der Waals surface area contributed by atoms with Gasteiger partial charge in [-0.2, -0.15) is 0 Å². The molecule has 1 N–H and O–H groups in total. The highest BCUT2D eigenvalue weighted by molar-refractivity contribution is 6.34. The van der Waals surface area contributed by atoms with Gasteiger partial charge in [-0.25, -0.2) is 4.98 Å². The lowest BCUT2D eigenvalue weighted by atomic mass is 10.2. The van der Waals surface area contributed by atoms with E-state index in [1.165, 1.54) is 0 Å². The van der Waals surface area contributed by atoms with Crippen molar-refractivity contribution in [3.8, 4) is 0 Å². The lowest BCUT2D eigenvalue weighted by Gasteiger charge is -2.04. The van der Waals surface area contributed by atoms with Gasteiger partial charge in [-0.1, -0.05) is 17.7 Å². The first-order valence-corrected chi connectivity index (χ1v) is 5.97. The van der Waals surface area contributed by atoms with E-state index in [4.69, 9.17) is 20.8 Å². The van der Waals surface area contributed by atoms with Gasteiger partial charge in [0.05, 0.1) is 17.2 Å². The summed E-state index contributed by atoms with van der Waals surface area (Å²) in [6.07, 6.45) is 1.10. The van der Waals surface area contributed by atoms with Crippen LogP contribution in [-0.4, -0.2) is 24.7 Å². The maximum absolute atomic E-state index is 6.05. The maximum Gasteiger partial charge on any atom is 0.212 e. The Kier molecular flexibility index (Phi) is 2.78. The van der Waals surface area contributed by atoms with Crippen LogP contribution in [0.25, 0.3) is 11.1 Å². The van der Waals surface area contributed by atoms with Crippen molar-refractivity contribution in [3.63, 3.8) is 0 Å². The number of benzene rings is 1. The predicted octanol–water partition coefficient (Wildman–Crippen LogP) is 2.53. The Hall–Kier alpha value is -1.10. The van der Waals surface area contributed by atoms with E-state index in [1.54, 1.807) is 13.2 Å². The zero-order chi connectivity index (χ0) is 11.8. The van der Waals surface area contributed by atoms with E-state index in [0.717, 1.165) is 18.5 Å². The smallest absolute Gasteiger partial charge is 0.212 e. The number of methoxy groups -OCH3 is 1. The monoisotopic (exact) mass is 252 g/mol. The van der Waals surface area contributed by atoms with Crippen LogP contribution in [0.5, 0.6) is 0 Å². The van der Waals surface area contributed by atoms with Gasteiger partial charge in [0.1, 0.15) is 5.52 Å². The minimum absolute atomic E-state index is 0.114. The van der Waals surface area contributed by atoms with E-state index in [2.05, 4.69) is 10.3 Å². The van der Waals surface area contributed by atoms with Crippen molar-refractivity contribution in [2.24, 2.45) is 0 Å². The van der Waals surface area contributed by atoms with Gasteiger partial charge in [-0.3, -0.25) is 0 Å². The number of oxazole rings is 1. The fraction of sp³-hybridized carbons (Fsp3) is 0.417. The van der Waals surface area contributed by atoms with Crippen LogP contribution in [0.1, 0.15) is 18.4 Å². The Morgan fingerprint density at radius 1 is 1.53 bits per heavy atom. The highest BCUT2D eigenvalue weighted by atomic mass is 35.5. The molecule has 0 bridgehead atoms. The number of hydrogen-bond acceptors (Lipinski definition) is 4. The molecule has 0 amide bonds. The van der Waals surface area contributed by atoms with Crippen LogP contribution in [0.3, 0.4) is 0 Å². The van der Waals surface area contributed by atoms with Gasteiger partial charge >= 0.3 is 0 Å². The van der Waals surface area contributed by atoms with Crippen molar-refractivity contribution in [1.29, 1.82) is 0 Å². The summed E-state index contributed by atoms with van der Waals surface area (Å²) < 4.78 is 11.0. The van der Waals surface area contributed by atoms with Gasteiger partial charge in [0, 0.05) is 13.7 Å². The maximum atomic E-state index is 6.05.